The van der Waals surface area contributed by atoms with Gasteiger partial charge in [-0.1, -0.05) is 13.8 Å². The zero-order valence-electron chi connectivity index (χ0n) is 13.2. The molecule has 4 heteroatoms. The molecule has 2 aliphatic heterocycles. The van der Waals surface area contributed by atoms with Crippen molar-refractivity contribution in [1.29, 1.82) is 0 Å². The SMILES string of the molecule is CN1C2CCC1CC(c1nc3c(s1)C(=O)CC(C)(C)C3)C2. The smallest absolute Gasteiger partial charge is 0.175 e. The van der Waals surface area contributed by atoms with Crippen LogP contribution in [0.5, 0.6) is 0 Å². The highest BCUT2D eigenvalue weighted by atomic mass is 32.1. The summed E-state index contributed by atoms with van der Waals surface area (Å²) in [6.45, 7) is 4.37. The number of nitrogens with zero attached hydrogens (tertiary/aromatic N) is 2. The van der Waals surface area contributed by atoms with Gasteiger partial charge in [-0.05, 0) is 44.6 Å². The number of hydrogen-bond acceptors (Lipinski definition) is 4. The molecule has 2 saturated heterocycles. The van der Waals surface area contributed by atoms with Gasteiger partial charge in [0.25, 0.3) is 0 Å². The number of carbonyl (C=O) groups is 1. The third-order valence-corrected chi connectivity index (χ3v) is 7.00. The maximum atomic E-state index is 12.4. The Kier molecular flexibility index (Phi) is 3.06. The summed E-state index contributed by atoms with van der Waals surface area (Å²) in [5, 5.41) is 1.25. The highest BCUT2D eigenvalue weighted by Gasteiger charge is 2.41. The van der Waals surface area contributed by atoms with E-state index >= 15 is 0 Å². The Bertz CT molecular complexity index is 578. The zero-order valence-corrected chi connectivity index (χ0v) is 14.0. The Morgan fingerprint density at radius 1 is 1.19 bits per heavy atom. The molecule has 1 aromatic heterocycles. The number of ketones is 1. The molecule has 1 aromatic rings. The lowest BCUT2D eigenvalue weighted by Gasteiger charge is -2.35. The maximum Gasteiger partial charge on any atom is 0.175 e. The quantitative estimate of drug-likeness (QED) is 0.794. The third kappa shape index (κ3) is 2.27. The minimum atomic E-state index is 0.0846. The van der Waals surface area contributed by atoms with Crippen molar-refractivity contribution >= 4 is 17.1 Å². The van der Waals surface area contributed by atoms with Gasteiger partial charge in [-0.3, -0.25) is 4.79 Å². The number of piperidine rings is 1. The molecule has 2 atom stereocenters. The number of hydrogen-bond donors (Lipinski definition) is 0. The molecule has 4 rings (SSSR count). The average Bonchev–Trinajstić information content (AvgIpc) is 2.86. The Labute approximate surface area is 130 Å². The summed E-state index contributed by atoms with van der Waals surface area (Å²) in [5.74, 6) is 0.908. The Morgan fingerprint density at radius 3 is 2.52 bits per heavy atom. The van der Waals surface area contributed by atoms with Crippen LogP contribution in [0.25, 0.3) is 0 Å². The van der Waals surface area contributed by atoms with Crippen LogP contribution in [0.4, 0.5) is 0 Å². The van der Waals surface area contributed by atoms with Crippen molar-refractivity contribution in [2.24, 2.45) is 5.41 Å². The van der Waals surface area contributed by atoms with Crippen LogP contribution in [0.1, 0.15) is 72.2 Å². The van der Waals surface area contributed by atoms with Gasteiger partial charge in [0.1, 0.15) is 0 Å². The number of fused-ring (bicyclic) bond motifs is 3. The largest absolute Gasteiger partial charge is 0.300 e. The van der Waals surface area contributed by atoms with Crippen molar-refractivity contribution in [3.05, 3.63) is 15.6 Å². The van der Waals surface area contributed by atoms with Gasteiger partial charge in [-0.15, -0.1) is 11.3 Å². The van der Waals surface area contributed by atoms with E-state index in [0.29, 0.717) is 18.1 Å². The molecule has 1 aliphatic carbocycles. The second-order valence-corrected chi connectivity index (χ2v) is 9.02. The summed E-state index contributed by atoms with van der Waals surface area (Å²) in [6, 6.07) is 1.48. The fourth-order valence-electron chi connectivity index (χ4n) is 4.53. The van der Waals surface area contributed by atoms with Crippen molar-refractivity contribution in [2.45, 2.75) is 70.4 Å². The minimum Gasteiger partial charge on any atom is -0.300 e. The van der Waals surface area contributed by atoms with Gasteiger partial charge in [-0.25, -0.2) is 4.98 Å². The molecule has 0 spiro atoms. The zero-order chi connectivity index (χ0) is 14.8. The van der Waals surface area contributed by atoms with Gasteiger partial charge in [-0.2, -0.15) is 0 Å². The molecule has 21 heavy (non-hydrogen) atoms. The predicted molar refractivity (Wildman–Crippen MR) is 85.1 cm³/mol. The average molecular weight is 304 g/mol. The number of Topliss-reactive ketones (excluding diaryl/α,β-unsaturated/α-hetero) is 1. The van der Waals surface area contributed by atoms with Crippen LogP contribution in [0, 0.1) is 5.41 Å². The lowest BCUT2D eigenvalue weighted by atomic mass is 9.78. The van der Waals surface area contributed by atoms with E-state index in [1.807, 2.05) is 0 Å². The molecule has 0 saturated carbocycles. The summed E-state index contributed by atoms with van der Waals surface area (Å²) in [6.07, 6.45) is 6.79. The van der Waals surface area contributed by atoms with Gasteiger partial charge in [0, 0.05) is 24.4 Å². The maximum absolute atomic E-state index is 12.4. The predicted octanol–water partition coefficient (Wildman–Crippen LogP) is 3.64. The molecule has 0 amide bonds. The van der Waals surface area contributed by atoms with E-state index < -0.39 is 0 Å². The van der Waals surface area contributed by atoms with E-state index in [0.717, 1.165) is 29.1 Å². The minimum absolute atomic E-state index is 0.0846. The molecule has 0 N–H and O–H groups in total. The molecule has 3 aliphatic rings. The van der Waals surface area contributed by atoms with Crippen LogP contribution in [0.2, 0.25) is 0 Å². The van der Waals surface area contributed by atoms with Crippen LogP contribution in [-0.4, -0.2) is 34.8 Å². The van der Waals surface area contributed by atoms with Crippen LogP contribution in [0.3, 0.4) is 0 Å². The van der Waals surface area contributed by atoms with E-state index in [-0.39, 0.29) is 5.41 Å². The summed E-state index contributed by atoms with van der Waals surface area (Å²) in [5.41, 5.74) is 1.17. The van der Waals surface area contributed by atoms with Crippen LogP contribution < -0.4 is 0 Å². The normalized spacial score (nSPS) is 35.0. The Balaban J connectivity index is 1.62. The van der Waals surface area contributed by atoms with Crippen molar-refractivity contribution in [1.82, 2.24) is 9.88 Å². The highest BCUT2D eigenvalue weighted by molar-refractivity contribution is 7.14. The monoisotopic (exact) mass is 304 g/mol. The number of carbonyl (C=O) groups excluding carboxylic acids is 1. The number of rotatable bonds is 1. The lowest BCUT2D eigenvalue weighted by Crippen LogP contribution is -2.39. The molecule has 2 unspecified atom stereocenters. The van der Waals surface area contributed by atoms with Crippen LogP contribution in [0.15, 0.2) is 0 Å². The molecule has 0 radical (unpaired) electrons. The van der Waals surface area contributed by atoms with Gasteiger partial charge in [0.05, 0.1) is 15.6 Å². The first-order chi connectivity index (χ1) is 9.93. The molecule has 0 aromatic carbocycles. The Morgan fingerprint density at radius 2 is 1.86 bits per heavy atom. The second-order valence-electron chi connectivity index (χ2n) is 7.99. The lowest BCUT2D eigenvalue weighted by molar-refractivity contribution is 0.0916. The van der Waals surface area contributed by atoms with E-state index in [9.17, 15) is 4.79 Å². The molecule has 114 valence electrons. The number of thiazole rings is 1. The molecule has 2 bridgehead atoms. The molecular weight excluding hydrogens is 280 g/mol. The van der Waals surface area contributed by atoms with Crippen molar-refractivity contribution < 1.29 is 4.79 Å². The van der Waals surface area contributed by atoms with Crippen molar-refractivity contribution in [3.63, 3.8) is 0 Å². The fraction of sp³-hybridized carbons (Fsp3) is 0.765. The van der Waals surface area contributed by atoms with Gasteiger partial charge < -0.3 is 4.90 Å². The van der Waals surface area contributed by atoms with E-state index in [2.05, 4.69) is 25.8 Å². The van der Waals surface area contributed by atoms with Crippen molar-refractivity contribution in [3.8, 4) is 0 Å². The third-order valence-electron chi connectivity index (χ3n) is 5.70. The molecule has 3 nitrogen and oxygen atoms in total. The Hall–Kier alpha value is -0.740. The standard InChI is InChI=1S/C17H24N2OS/c1-17(2)8-13-15(14(20)9-17)21-16(18-13)10-6-11-4-5-12(7-10)19(11)3/h10-12H,4-9H2,1-3H3. The summed E-state index contributed by atoms with van der Waals surface area (Å²) in [7, 11) is 2.28. The van der Waals surface area contributed by atoms with Crippen molar-refractivity contribution in [2.75, 3.05) is 7.05 Å². The fourth-order valence-corrected chi connectivity index (χ4v) is 5.67. The van der Waals surface area contributed by atoms with E-state index in [1.54, 1.807) is 11.3 Å². The molecule has 2 fully saturated rings. The van der Waals surface area contributed by atoms with E-state index in [4.69, 9.17) is 4.98 Å². The number of aromatic nitrogens is 1. The topological polar surface area (TPSA) is 33.2 Å². The van der Waals surface area contributed by atoms with Gasteiger partial charge in [0.15, 0.2) is 5.78 Å². The highest BCUT2D eigenvalue weighted by Crippen LogP contribution is 2.45. The first-order valence-electron chi connectivity index (χ1n) is 8.18. The summed E-state index contributed by atoms with van der Waals surface area (Å²) >= 11 is 1.70. The summed E-state index contributed by atoms with van der Waals surface area (Å²) < 4.78 is 0. The van der Waals surface area contributed by atoms with Gasteiger partial charge >= 0.3 is 0 Å². The summed E-state index contributed by atoms with van der Waals surface area (Å²) in [4.78, 5) is 20.8. The van der Waals surface area contributed by atoms with Crippen LogP contribution >= 0.6 is 11.3 Å². The first kappa shape index (κ1) is 13.9. The first-order valence-corrected chi connectivity index (χ1v) is 8.99. The van der Waals surface area contributed by atoms with Crippen LogP contribution in [-0.2, 0) is 6.42 Å². The molecule has 3 heterocycles. The molecular formula is C17H24N2OS. The van der Waals surface area contributed by atoms with E-state index in [1.165, 1.54) is 30.7 Å². The second kappa shape index (κ2) is 4.63. The van der Waals surface area contributed by atoms with Gasteiger partial charge in [0.2, 0.25) is 0 Å².